The van der Waals surface area contributed by atoms with Crippen LogP contribution in [-0.4, -0.2) is 60.8 Å². The van der Waals surface area contributed by atoms with E-state index >= 15 is 0 Å². The summed E-state index contributed by atoms with van der Waals surface area (Å²) in [4.78, 5) is 20.5. The number of nitrogens with two attached hydrogens (primary N) is 2. The van der Waals surface area contributed by atoms with E-state index in [0.29, 0.717) is 0 Å². The maximum atomic E-state index is 10.2. The van der Waals surface area contributed by atoms with Crippen molar-refractivity contribution in [3.63, 3.8) is 0 Å². The Morgan fingerprint density at radius 1 is 0.714 bits per heavy atom. The number of anilines is 2. The van der Waals surface area contributed by atoms with Gasteiger partial charge in [0.1, 0.15) is 0 Å². The molecule has 7 heteroatoms. The summed E-state index contributed by atoms with van der Waals surface area (Å²) in [6, 6.07) is 12.4. The number of aromatic carboxylic acids is 2. The molecule has 106 valence electrons. The molecule has 0 saturated carbocycles. The van der Waals surface area contributed by atoms with E-state index in [4.69, 9.17) is 11.5 Å². The Bertz CT molecular complexity index is 576. The number of carbonyl (C=O) groups excluding carboxylic acids is 2. The van der Waals surface area contributed by atoms with Crippen molar-refractivity contribution in [2.24, 2.45) is 0 Å². The van der Waals surface area contributed by atoms with Crippen molar-refractivity contribution in [1.29, 1.82) is 0 Å². The van der Waals surface area contributed by atoms with E-state index in [0.717, 1.165) is 0 Å². The van der Waals surface area contributed by atoms with Gasteiger partial charge >= 0.3 is 0 Å². The summed E-state index contributed by atoms with van der Waals surface area (Å²) in [5.41, 5.74) is 11.2. The van der Waals surface area contributed by atoms with Gasteiger partial charge in [-0.15, -0.1) is 0 Å². The second-order valence-electron chi connectivity index (χ2n) is 3.75. The quantitative estimate of drug-likeness (QED) is 0.477. The molecule has 2 rings (SSSR count). The third-order valence-electron chi connectivity index (χ3n) is 2.36. The van der Waals surface area contributed by atoms with Crippen LogP contribution in [0.5, 0.6) is 0 Å². The molecular weight excluding hydrogens is 397 g/mol. The third kappa shape index (κ3) is 6.23. The monoisotopic (exact) mass is 410 g/mol. The topological polar surface area (TPSA) is 132 Å². The van der Waals surface area contributed by atoms with E-state index in [1.807, 2.05) is 0 Å². The summed E-state index contributed by atoms with van der Waals surface area (Å²) in [5.74, 6) is -2.48. The van der Waals surface area contributed by atoms with Crippen LogP contribution in [0.15, 0.2) is 48.5 Å². The standard InChI is InChI=1S/2C7H7NO2.Ba/c2*8-6-4-2-1-3-5(6)7(9)10;/h2*1-4H,8H2,(H,9,10);/p-2. The van der Waals surface area contributed by atoms with Gasteiger partial charge < -0.3 is 31.3 Å². The predicted molar refractivity (Wildman–Crippen MR) is 76.1 cm³/mol. The molecular formula is C14H12BaN2O4-2. The van der Waals surface area contributed by atoms with E-state index in [9.17, 15) is 19.8 Å². The van der Waals surface area contributed by atoms with Crippen LogP contribution in [0.25, 0.3) is 0 Å². The summed E-state index contributed by atoms with van der Waals surface area (Å²) < 4.78 is 0. The van der Waals surface area contributed by atoms with Crippen molar-refractivity contribution in [3.8, 4) is 0 Å². The minimum absolute atomic E-state index is 0. The van der Waals surface area contributed by atoms with E-state index < -0.39 is 11.9 Å². The average molecular weight is 410 g/mol. The smallest absolute Gasteiger partial charge is 0.0735 e. The van der Waals surface area contributed by atoms with E-state index in [1.54, 1.807) is 24.3 Å². The van der Waals surface area contributed by atoms with Crippen LogP contribution in [0.3, 0.4) is 0 Å². The Morgan fingerprint density at radius 2 is 1.00 bits per heavy atom. The van der Waals surface area contributed by atoms with Crippen molar-refractivity contribution < 1.29 is 19.8 Å². The minimum atomic E-state index is -1.24. The molecule has 0 aliphatic carbocycles. The number of carboxylic acids is 2. The molecule has 0 heterocycles. The van der Waals surface area contributed by atoms with Crippen molar-refractivity contribution in [1.82, 2.24) is 0 Å². The van der Waals surface area contributed by atoms with E-state index in [-0.39, 0.29) is 71.4 Å². The first kappa shape index (κ1) is 19.6. The van der Waals surface area contributed by atoms with Crippen LogP contribution >= 0.6 is 0 Å². The summed E-state index contributed by atoms with van der Waals surface area (Å²) >= 11 is 0. The summed E-state index contributed by atoms with van der Waals surface area (Å²) in [6.45, 7) is 0. The number of carboxylic acid groups (broad SMARTS) is 2. The molecule has 6 nitrogen and oxygen atoms in total. The molecule has 0 saturated heterocycles. The Labute approximate surface area is 161 Å². The van der Waals surface area contributed by atoms with Crippen molar-refractivity contribution >= 4 is 72.2 Å². The van der Waals surface area contributed by atoms with E-state index in [1.165, 1.54) is 24.3 Å². The van der Waals surface area contributed by atoms with Gasteiger partial charge in [-0.25, -0.2) is 0 Å². The first-order chi connectivity index (χ1) is 9.43. The van der Waals surface area contributed by atoms with Crippen LogP contribution < -0.4 is 21.7 Å². The molecule has 2 aromatic carbocycles. The van der Waals surface area contributed by atoms with Gasteiger partial charge in [-0.1, -0.05) is 36.4 Å². The molecule has 0 bridgehead atoms. The van der Waals surface area contributed by atoms with Crippen LogP contribution in [-0.2, 0) is 0 Å². The first-order valence-electron chi connectivity index (χ1n) is 5.55. The Kier molecular flexibility index (Phi) is 8.83. The van der Waals surface area contributed by atoms with Gasteiger partial charge in [0.2, 0.25) is 0 Å². The fraction of sp³-hybridized carbons (Fsp3) is 0. The maximum Gasteiger partial charge on any atom is 0.0735 e. The second kappa shape index (κ2) is 9.48. The van der Waals surface area contributed by atoms with Gasteiger partial charge in [0.05, 0.1) is 11.9 Å². The number of carbonyl (C=O) groups is 2. The molecule has 0 unspecified atom stereocenters. The number of nitrogen functional groups attached to an aromatic ring is 2. The van der Waals surface area contributed by atoms with Gasteiger partial charge in [0.15, 0.2) is 0 Å². The molecule has 2 aromatic rings. The van der Waals surface area contributed by atoms with Gasteiger partial charge in [-0.2, -0.15) is 0 Å². The van der Waals surface area contributed by atoms with Gasteiger partial charge in [-0.05, 0) is 12.1 Å². The van der Waals surface area contributed by atoms with Crippen molar-refractivity contribution in [2.45, 2.75) is 0 Å². The largest absolute Gasteiger partial charge is 0.545 e. The van der Waals surface area contributed by atoms with Crippen molar-refractivity contribution in [2.75, 3.05) is 11.5 Å². The molecule has 0 amide bonds. The molecule has 2 radical (unpaired) electrons. The minimum Gasteiger partial charge on any atom is -0.545 e. The average Bonchev–Trinajstić information content (AvgIpc) is 2.40. The second-order valence-corrected chi connectivity index (χ2v) is 3.75. The third-order valence-corrected chi connectivity index (χ3v) is 2.36. The summed E-state index contributed by atoms with van der Waals surface area (Å²) in [7, 11) is 0. The number of benzene rings is 2. The Balaban J connectivity index is 0.000000364. The van der Waals surface area contributed by atoms with E-state index in [2.05, 4.69) is 0 Å². The van der Waals surface area contributed by atoms with Crippen LogP contribution in [0.1, 0.15) is 20.7 Å². The number of rotatable bonds is 2. The molecule has 0 aliphatic rings. The summed E-state index contributed by atoms with van der Waals surface area (Å²) in [5, 5.41) is 20.5. The SMILES string of the molecule is Nc1ccccc1C(=O)[O-].Nc1ccccc1C(=O)[O-].[Ba]. The summed E-state index contributed by atoms with van der Waals surface area (Å²) in [6.07, 6.45) is 0. The van der Waals surface area contributed by atoms with Gasteiger partial charge in [0, 0.05) is 71.4 Å². The number of para-hydroxylation sites is 2. The van der Waals surface area contributed by atoms with Crippen LogP contribution in [0.2, 0.25) is 0 Å². The Morgan fingerprint density at radius 3 is 1.19 bits per heavy atom. The fourth-order valence-corrected chi connectivity index (χ4v) is 1.37. The molecule has 0 spiro atoms. The zero-order valence-electron chi connectivity index (χ0n) is 11.1. The molecule has 21 heavy (non-hydrogen) atoms. The molecule has 0 aromatic heterocycles. The fourth-order valence-electron chi connectivity index (χ4n) is 1.37. The van der Waals surface area contributed by atoms with Gasteiger partial charge in [0.25, 0.3) is 0 Å². The number of hydrogen-bond acceptors (Lipinski definition) is 6. The van der Waals surface area contributed by atoms with Gasteiger partial charge in [-0.3, -0.25) is 0 Å². The Hall–Kier alpha value is -1.45. The molecule has 0 aliphatic heterocycles. The first-order valence-corrected chi connectivity index (χ1v) is 5.55. The molecule has 4 N–H and O–H groups in total. The molecule has 0 atom stereocenters. The maximum absolute atomic E-state index is 10.2. The normalized spacial score (nSPS) is 8.76. The number of hydrogen-bond donors (Lipinski definition) is 2. The zero-order valence-corrected chi connectivity index (χ0v) is 15.6. The van der Waals surface area contributed by atoms with Crippen molar-refractivity contribution in [3.05, 3.63) is 59.7 Å². The zero-order chi connectivity index (χ0) is 15.1. The molecule has 0 fully saturated rings. The van der Waals surface area contributed by atoms with Crippen LogP contribution in [0.4, 0.5) is 11.4 Å². The predicted octanol–water partition coefficient (Wildman–Crippen LogP) is -1.12. The van der Waals surface area contributed by atoms with Crippen LogP contribution in [0, 0.1) is 0 Å².